The van der Waals surface area contributed by atoms with Crippen LogP contribution in [0.5, 0.6) is 0 Å². The summed E-state index contributed by atoms with van der Waals surface area (Å²) in [6, 6.07) is -1.37. The van der Waals surface area contributed by atoms with Gasteiger partial charge in [-0.1, -0.05) is 6.92 Å². The van der Waals surface area contributed by atoms with Crippen LogP contribution in [0.3, 0.4) is 0 Å². The van der Waals surface area contributed by atoms with Crippen LogP contribution in [0.1, 0.15) is 40.5 Å². The second-order valence-electron chi connectivity index (χ2n) is 7.90. The summed E-state index contributed by atoms with van der Waals surface area (Å²) in [4.78, 5) is 52.8. The van der Waals surface area contributed by atoms with Crippen LogP contribution in [0, 0.1) is 5.92 Å². The third-order valence-electron chi connectivity index (χ3n) is 3.96. The van der Waals surface area contributed by atoms with Gasteiger partial charge in [-0.25, -0.2) is 4.98 Å². The van der Waals surface area contributed by atoms with Gasteiger partial charge < -0.3 is 25.8 Å². The number of aryl methyl sites for hydroxylation is 1. The number of nitrogens with zero attached hydrogens (tertiary/aromatic N) is 2. The smallest absolute Gasteiger partial charge is 0.252 e. The molecule has 1 rings (SSSR count). The molecule has 0 aliphatic heterocycles. The lowest BCUT2D eigenvalue weighted by Crippen LogP contribution is -2.56. The predicted molar refractivity (Wildman–Crippen MR) is 108 cm³/mol. The van der Waals surface area contributed by atoms with E-state index in [1.165, 1.54) is 7.05 Å². The Bertz CT molecular complexity index is 696. The first-order valence-electron chi connectivity index (χ1n) is 9.60. The predicted octanol–water partition coefficient (Wildman–Crippen LogP) is -0.439. The first-order valence-corrected chi connectivity index (χ1v) is 9.60. The summed E-state index contributed by atoms with van der Waals surface area (Å²) in [5, 5.41) is 10.2. The summed E-state index contributed by atoms with van der Waals surface area (Å²) >= 11 is 0. The van der Waals surface area contributed by atoms with Gasteiger partial charge in [0, 0.05) is 50.4 Å². The van der Waals surface area contributed by atoms with Crippen LogP contribution in [0.2, 0.25) is 0 Å². The lowest BCUT2D eigenvalue weighted by Gasteiger charge is -2.22. The van der Waals surface area contributed by atoms with Crippen LogP contribution in [0.4, 0.5) is 0 Å². The fourth-order valence-electron chi connectivity index (χ4n) is 2.51. The number of rotatable bonds is 10. The quantitative estimate of drug-likeness (QED) is 0.308. The summed E-state index contributed by atoms with van der Waals surface area (Å²) < 4.78 is 1.87. The minimum absolute atomic E-state index is 0.0455. The normalized spacial score (nSPS) is 13.1. The molecule has 0 bridgehead atoms. The maximum Gasteiger partial charge on any atom is 0.252 e. The van der Waals surface area contributed by atoms with E-state index in [4.69, 9.17) is 0 Å². The van der Waals surface area contributed by atoms with E-state index in [-0.39, 0.29) is 12.3 Å². The number of hydrogen-bond donors (Lipinski definition) is 4. The van der Waals surface area contributed by atoms with Gasteiger partial charge in [-0.2, -0.15) is 0 Å². The van der Waals surface area contributed by atoms with Crippen LogP contribution < -0.4 is 21.3 Å². The SMILES string of the molecule is CNC(=O)C(NC(=O)C(C)CC(=O)NC(C)(C)C)C(=O)NCCCn1ccnc1. The maximum atomic E-state index is 12.4. The molecule has 2 unspecified atom stereocenters. The summed E-state index contributed by atoms with van der Waals surface area (Å²) in [5.74, 6) is -2.75. The highest BCUT2D eigenvalue weighted by molar-refractivity contribution is 6.07. The number of likely N-dealkylation sites (N-methyl/N-ethyl adjacent to an activating group) is 1. The fraction of sp³-hybridized carbons (Fsp3) is 0.632. The molecule has 4 N–H and O–H groups in total. The van der Waals surface area contributed by atoms with Gasteiger partial charge in [0.25, 0.3) is 11.8 Å². The number of carbonyl (C=O) groups excluding carboxylic acids is 4. The molecule has 10 nitrogen and oxygen atoms in total. The maximum absolute atomic E-state index is 12.4. The minimum Gasteiger partial charge on any atom is -0.357 e. The van der Waals surface area contributed by atoms with Crippen LogP contribution >= 0.6 is 0 Å². The molecule has 1 heterocycles. The number of carbonyl (C=O) groups is 4. The van der Waals surface area contributed by atoms with E-state index in [2.05, 4.69) is 26.3 Å². The zero-order valence-electron chi connectivity index (χ0n) is 17.7. The van der Waals surface area contributed by atoms with E-state index in [9.17, 15) is 19.2 Å². The largest absolute Gasteiger partial charge is 0.357 e. The molecule has 0 fully saturated rings. The molecule has 0 aromatic carbocycles. The molecule has 0 aliphatic rings. The molecular weight excluding hydrogens is 376 g/mol. The molecule has 0 aliphatic carbocycles. The zero-order chi connectivity index (χ0) is 22.0. The molecule has 29 heavy (non-hydrogen) atoms. The van der Waals surface area contributed by atoms with Gasteiger partial charge in [-0.3, -0.25) is 19.2 Å². The molecule has 1 aromatic rings. The van der Waals surface area contributed by atoms with Crippen molar-refractivity contribution in [2.24, 2.45) is 5.92 Å². The average Bonchev–Trinajstić information content (AvgIpc) is 3.13. The third-order valence-corrected chi connectivity index (χ3v) is 3.96. The van der Waals surface area contributed by atoms with Crippen molar-refractivity contribution in [3.05, 3.63) is 18.7 Å². The standard InChI is InChI=1S/C19H32N6O4/c1-13(11-14(26)24-19(2,3)4)16(27)23-15(17(28)20-5)18(29)22-7-6-9-25-10-8-21-12-25/h8,10,12-13,15H,6-7,9,11H2,1-5H3,(H,20,28)(H,22,29)(H,23,27)(H,24,26). The highest BCUT2D eigenvalue weighted by Gasteiger charge is 2.30. The van der Waals surface area contributed by atoms with Gasteiger partial charge in [-0.15, -0.1) is 0 Å². The highest BCUT2D eigenvalue weighted by atomic mass is 16.2. The Labute approximate surface area is 171 Å². The Balaban J connectivity index is 2.55. The molecule has 0 saturated carbocycles. The molecule has 0 radical (unpaired) electrons. The topological polar surface area (TPSA) is 134 Å². The summed E-state index contributed by atoms with van der Waals surface area (Å²) in [6.45, 7) is 8.10. The molecule has 0 saturated heterocycles. The van der Waals surface area contributed by atoms with Gasteiger partial charge in [0.1, 0.15) is 0 Å². The van der Waals surface area contributed by atoms with Crippen molar-refractivity contribution >= 4 is 23.6 Å². The van der Waals surface area contributed by atoms with E-state index >= 15 is 0 Å². The Hall–Kier alpha value is -2.91. The van der Waals surface area contributed by atoms with Crippen LogP contribution in [0.15, 0.2) is 18.7 Å². The summed E-state index contributed by atoms with van der Waals surface area (Å²) in [6.07, 6.45) is 5.74. The Morgan fingerprint density at radius 2 is 1.79 bits per heavy atom. The van der Waals surface area contributed by atoms with Crippen molar-refractivity contribution in [3.8, 4) is 0 Å². The van der Waals surface area contributed by atoms with Gasteiger partial charge in [0.2, 0.25) is 11.8 Å². The monoisotopic (exact) mass is 408 g/mol. The molecule has 1 aromatic heterocycles. The molecule has 10 heteroatoms. The second kappa shape index (κ2) is 11.2. The van der Waals surface area contributed by atoms with Crippen molar-refractivity contribution in [2.45, 2.75) is 58.7 Å². The fourth-order valence-corrected chi connectivity index (χ4v) is 2.51. The number of nitrogens with one attached hydrogen (secondary N) is 4. The number of hydrogen-bond acceptors (Lipinski definition) is 5. The van der Waals surface area contributed by atoms with Gasteiger partial charge in [0.05, 0.1) is 6.33 Å². The van der Waals surface area contributed by atoms with Gasteiger partial charge in [-0.05, 0) is 27.2 Å². The van der Waals surface area contributed by atoms with Crippen LogP contribution in [0.25, 0.3) is 0 Å². The molecule has 2 atom stereocenters. The van der Waals surface area contributed by atoms with Crippen molar-refractivity contribution in [3.63, 3.8) is 0 Å². The lowest BCUT2D eigenvalue weighted by molar-refractivity contribution is -0.138. The zero-order valence-corrected chi connectivity index (χ0v) is 17.7. The Kier molecular flexibility index (Phi) is 9.30. The van der Waals surface area contributed by atoms with Crippen LogP contribution in [-0.4, -0.2) is 58.4 Å². The van der Waals surface area contributed by atoms with Gasteiger partial charge >= 0.3 is 0 Å². The molecular formula is C19H32N6O4. The molecule has 4 amide bonds. The van der Waals surface area contributed by atoms with Gasteiger partial charge in [0.15, 0.2) is 6.04 Å². The molecule has 162 valence electrons. The summed E-state index contributed by atoms with van der Waals surface area (Å²) in [5.41, 5.74) is -0.408. The van der Waals surface area contributed by atoms with E-state index in [1.807, 2.05) is 31.5 Å². The lowest BCUT2D eigenvalue weighted by atomic mass is 10.0. The van der Waals surface area contributed by atoms with Crippen molar-refractivity contribution in [1.29, 1.82) is 0 Å². The van der Waals surface area contributed by atoms with Crippen LogP contribution in [-0.2, 0) is 25.7 Å². The van der Waals surface area contributed by atoms with E-state index in [1.54, 1.807) is 19.4 Å². The number of amides is 4. The summed E-state index contributed by atoms with van der Waals surface area (Å²) in [7, 11) is 1.38. The average molecular weight is 409 g/mol. The van der Waals surface area contributed by atoms with E-state index in [0.717, 1.165) is 0 Å². The van der Waals surface area contributed by atoms with Crippen molar-refractivity contribution in [2.75, 3.05) is 13.6 Å². The highest BCUT2D eigenvalue weighted by Crippen LogP contribution is 2.06. The van der Waals surface area contributed by atoms with Crippen molar-refractivity contribution in [1.82, 2.24) is 30.8 Å². The number of aromatic nitrogens is 2. The second-order valence-corrected chi connectivity index (χ2v) is 7.90. The third kappa shape index (κ3) is 9.22. The first kappa shape index (κ1) is 24.1. The molecule has 0 spiro atoms. The van der Waals surface area contributed by atoms with E-state index in [0.29, 0.717) is 19.5 Å². The van der Waals surface area contributed by atoms with E-state index < -0.39 is 35.2 Å². The van der Waals surface area contributed by atoms with Crippen molar-refractivity contribution < 1.29 is 19.2 Å². The Morgan fingerprint density at radius 1 is 1.10 bits per heavy atom. The minimum atomic E-state index is -1.37. The first-order chi connectivity index (χ1) is 13.5. The Morgan fingerprint density at radius 3 is 2.34 bits per heavy atom. The number of imidazole rings is 1.